The number of carbonyl (C=O) groups is 2. The third-order valence-electron chi connectivity index (χ3n) is 4.74. The molecule has 0 aliphatic carbocycles. The predicted molar refractivity (Wildman–Crippen MR) is 107 cm³/mol. The number of hydrogen-bond donors (Lipinski definition) is 0. The second kappa shape index (κ2) is 7.42. The zero-order valence-corrected chi connectivity index (χ0v) is 14.8. The minimum absolute atomic E-state index is 0.200. The lowest BCUT2D eigenvalue weighted by atomic mass is 9.99. The molecule has 0 saturated carbocycles. The zero-order chi connectivity index (χ0) is 18.6. The van der Waals surface area contributed by atoms with E-state index in [0.29, 0.717) is 24.1 Å². The monoisotopic (exact) mass is 353 g/mol. The number of amides is 2. The van der Waals surface area contributed by atoms with Crippen molar-refractivity contribution >= 4 is 17.9 Å². The molecule has 0 N–H and O–H groups in total. The molecule has 0 unspecified atom stereocenters. The molecule has 27 heavy (non-hydrogen) atoms. The molecule has 0 atom stereocenters. The SMILES string of the molecule is O=C1c2ccccc2C(=O)N1CC/C=C\c1ccccc1-c1ccccc1. The van der Waals surface area contributed by atoms with Gasteiger partial charge in [-0.05, 0) is 35.2 Å². The molecule has 3 aromatic carbocycles. The molecule has 3 aromatic rings. The van der Waals surface area contributed by atoms with E-state index in [1.807, 2.05) is 36.4 Å². The second-order valence-electron chi connectivity index (χ2n) is 6.45. The van der Waals surface area contributed by atoms with Crippen LogP contribution in [0.15, 0.2) is 84.9 Å². The molecule has 0 bridgehead atoms. The van der Waals surface area contributed by atoms with Gasteiger partial charge in [0.15, 0.2) is 0 Å². The Morgan fingerprint density at radius 3 is 1.89 bits per heavy atom. The van der Waals surface area contributed by atoms with E-state index < -0.39 is 0 Å². The topological polar surface area (TPSA) is 37.4 Å². The lowest BCUT2D eigenvalue weighted by molar-refractivity contribution is 0.0657. The molecule has 0 fully saturated rings. The van der Waals surface area contributed by atoms with E-state index in [1.165, 1.54) is 4.90 Å². The number of benzene rings is 3. The molecule has 4 rings (SSSR count). The number of nitrogens with zero attached hydrogens (tertiary/aromatic N) is 1. The Kier molecular flexibility index (Phi) is 4.67. The summed E-state index contributed by atoms with van der Waals surface area (Å²) in [5.41, 5.74) is 4.45. The van der Waals surface area contributed by atoms with Gasteiger partial charge in [-0.25, -0.2) is 0 Å². The normalized spacial score (nSPS) is 13.4. The van der Waals surface area contributed by atoms with Gasteiger partial charge in [-0.1, -0.05) is 78.9 Å². The van der Waals surface area contributed by atoms with Gasteiger partial charge in [0.1, 0.15) is 0 Å². The Labute approximate surface area is 158 Å². The molecule has 3 heteroatoms. The van der Waals surface area contributed by atoms with Crippen LogP contribution in [0.5, 0.6) is 0 Å². The van der Waals surface area contributed by atoms with Crippen LogP contribution in [0.2, 0.25) is 0 Å². The fraction of sp³-hybridized carbons (Fsp3) is 0.0833. The van der Waals surface area contributed by atoms with Crippen LogP contribution >= 0.6 is 0 Å². The molecule has 3 nitrogen and oxygen atoms in total. The van der Waals surface area contributed by atoms with E-state index in [4.69, 9.17) is 0 Å². The van der Waals surface area contributed by atoms with Crippen molar-refractivity contribution in [3.63, 3.8) is 0 Å². The van der Waals surface area contributed by atoms with E-state index in [2.05, 4.69) is 30.3 Å². The maximum Gasteiger partial charge on any atom is 0.261 e. The summed E-state index contributed by atoms with van der Waals surface area (Å²) in [6, 6.07) is 25.4. The van der Waals surface area contributed by atoms with Crippen LogP contribution < -0.4 is 0 Å². The molecule has 0 spiro atoms. The quantitative estimate of drug-likeness (QED) is 0.602. The standard InChI is InChI=1S/C24H19NO2/c26-23-21-15-6-7-16-22(21)24(27)25(23)17-9-8-13-19-12-4-5-14-20(19)18-10-2-1-3-11-18/h1-8,10-16H,9,17H2/b13-8-. The van der Waals surface area contributed by atoms with Gasteiger partial charge in [-0.3, -0.25) is 14.5 Å². The van der Waals surface area contributed by atoms with Crippen molar-refractivity contribution in [1.29, 1.82) is 0 Å². The van der Waals surface area contributed by atoms with Crippen molar-refractivity contribution in [3.8, 4) is 11.1 Å². The number of carbonyl (C=O) groups excluding carboxylic acids is 2. The molecule has 0 aromatic heterocycles. The highest BCUT2D eigenvalue weighted by atomic mass is 16.2. The Hall–Kier alpha value is -3.46. The summed E-state index contributed by atoms with van der Waals surface area (Å²) < 4.78 is 0. The summed E-state index contributed by atoms with van der Waals surface area (Å²) in [5, 5.41) is 0. The first-order valence-corrected chi connectivity index (χ1v) is 9.02. The highest BCUT2D eigenvalue weighted by Crippen LogP contribution is 2.25. The van der Waals surface area contributed by atoms with Gasteiger partial charge in [-0.15, -0.1) is 0 Å². The van der Waals surface area contributed by atoms with Crippen molar-refractivity contribution < 1.29 is 9.59 Å². The lowest BCUT2D eigenvalue weighted by Crippen LogP contribution is -2.30. The van der Waals surface area contributed by atoms with Gasteiger partial charge in [-0.2, -0.15) is 0 Å². The molecule has 2 amide bonds. The Morgan fingerprint density at radius 1 is 0.667 bits per heavy atom. The summed E-state index contributed by atoms with van der Waals surface area (Å²) in [4.78, 5) is 26.1. The largest absolute Gasteiger partial charge is 0.274 e. The Bertz CT molecular complexity index is 986. The molecule has 132 valence electrons. The van der Waals surface area contributed by atoms with Crippen LogP contribution in [-0.4, -0.2) is 23.3 Å². The van der Waals surface area contributed by atoms with E-state index in [-0.39, 0.29) is 11.8 Å². The highest BCUT2D eigenvalue weighted by Gasteiger charge is 2.34. The minimum Gasteiger partial charge on any atom is -0.274 e. The van der Waals surface area contributed by atoms with E-state index in [0.717, 1.165) is 16.7 Å². The Morgan fingerprint density at radius 2 is 1.22 bits per heavy atom. The van der Waals surface area contributed by atoms with Crippen LogP contribution in [-0.2, 0) is 0 Å². The summed E-state index contributed by atoms with van der Waals surface area (Å²) in [5.74, 6) is -0.401. The molecule has 1 heterocycles. The lowest BCUT2D eigenvalue weighted by Gasteiger charge is -2.12. The van der Waals surface area contributed by atoms with Crippen molar-refractivity contribution in [1.82, 2.24) is 4.90 Å². The van der Waals surface area contributed by atoms with Crippen LogP contribution in [0.1, 0.15) is 32.7 Å². The molecule has 0 saturated heterocycles. The zero-order valence-electron chi connectivity index (χ0n) is 14.8. The van der Waals surface area contributed by atoms with Crippen LogP contribution in [0.3, 0.4) is 0 Å². The smallest absolute Gasteiger partial charge is 0.261 e. The van der Waals surface area contributed by atoms with E-state index in [1.54, 1.807) is 24.3 Å². The average molecular weight is 353 g/mol. The van der Waals surface area contributed by atoms with Gasteiger partial charge in [0, 0.05) is 6.54 Å². The maximum absolute atomic E-state index is 12.4. The predicted octanol–water partition coefficient (Wildman–Crippen LogP) is 5.05. The van der Waals surface area contributed by atoms with Crippen molar-refractivity contribution in [3.05, 3.63) is 102 Å². The molecule has 1 aliphatic heterocycles. The third-order valence-corrected chi connectivity index (χ3v) is 4.74. The van der Waals surface area contributed by atoms with Crippen molar-refractivity contribution in [2.45, 2.75) is 6.42 Å². The molecule has 1 aliphatic rings. The fourth-order valence-corrected chi connectivity index (χ4v) is 3.38. The van der Waals surface area contributed by atoms with Crippen LogP contribution in [0.25, 0.3) is 17.2 Å². The number of imide groups is 1. The minimum atomic E-state index is -0.200. The van der Waals surface area contributed by atoms with Gasteiger partial charge in [0.2, 0.25) is 0 Å². The fourth-order valence-electron chi connectivity index (χ4n) is 3.38. The van der Waals surface area contributed by atoms with Crippen molar-refractivity contribution in [2.75, 3.05) is 6.54 Å². The number of hydrogen-bond acceptors (Lipinski definition) is 2. The van der Waals surface area contributed by atoms with Gasteiger partial charge in [0.25, 0.3) is 11.8 Å². The summed E-state index contributed by atoms with van der Waals surface area (Å²) >= 11 is 0. The molecule has 0 radical (unpaired) electrons. The summed E-state index contributed by atoms with van der Waals surface area (Å²) in [7, 11) is 0. The van der Waals surface area contributed by atoms with Gasteiger partial charge < -0.3 is 0 Å². The first-order chi connectivity index (χ1) is 13.3. The summed E-state index contributed by atoms with van der Waals surface area (Å²) in [6.45, 7) is 0.385. The maximum atomic E-state index is 12.4. The van der Waals surface area contributed by atoms with E-state index in [9.17, 15) is 9.59 Å². The van der Waals surface area contributed by atoms with E-state index >= 15 is 0 Å². The Balaban J connectivity index is 1.46. The van der Waals surface area contributed by atoms with Crippen molar-refractivity contribution in [2.24, 2.45) is 0 Å². The van der Waals surface area contributed by atoms with Crippen LogP contribution in [0, 0.1) is 0 Å². The third kappa shape index (κ3) is 3.32. The number of rotatable bonds is 5. The molecular weight excluding hydrogens is 334 g/mol. The highest BCUT2D eigenvalue weighted by molar-refractivity contribution is 6.21. The molecular formula is C24H19NO2. The second-order valence-corrected chi connectivity index (χ2v) is 6.45. The first-order valence-electron chi connectivity index (χ1n) is 9.02. The summed E-state index contributed by atoms with van der Waals surface area (Å²) in [6.07, 6.45) is 4.69. The average Bonchev–Trinajstić information content (AvgIpc) is 2.97. The first kappa shape index (κ1) is 17.0. The van der Waals surface area contributed by atoms with Gasteiger partial charge in [0.05, 0.1) is 11.1 Å². The van der Waals surface area contributed by atoms with Crippen LogP contribution in [0.4, 0.5) is 0 Å². The number of fused-ring (bicyclic) bond motifs is 1. The van der Waals surface area contributed by atoms with Gasteiger partial charge >= 0.3 is 0 Å².